The molecule has 0 saturated carbocycles. The Bertz CT molecular complexity index is 176. The predicted molar refractivity (Wildman–Crippen MR) is 50.7 cm³/mol. The van der Waals surface area contributed by atoms with Gasteiger partial charge in [-0.2, -0.15) is 0 Å². The molecular weight excluding hydrogens is 136 g/mol. The van der Waals surface area contributed by atoms with E-state index >= 15 is 0 Å². The van der Waals surface area contributed by atoms with Gasteiger partial charge < -0.3 is 5.73 Å². The molecule has 0 aliphatic rings. The molecule has 0 amide bonds. The summed E-state index contributed by atoms with van der Waals surface area (Å²) in [7, 11) is 0. The first-order valence-corrected chi connectivity index (χ1v) is 3.78. The summed E-state index contributed by atoms with van der Waals surface area (Å²) in [4.78, 5) is 3.94. The minimum atomic E-state index is 0.0864. The van der Waals surface area contributed by atoms with Crippen molar-refractivity contribution in [3.05, 3.63) is 23.9 Å². The average molecular weight is 152 g/mol. The SMILES string of the molecule is C\C=N/C=C\C(=C/C)C(C)N. The molecule has 11 heavy (non-hydrogen) atoms. The van der Waals surface area contributed by atoms with Crippen molar-refractivity contribution in [3.8, 4) is 0 Å². The summed E-state index contributed by atoms with van der Waals surface area (Å²) in [5, 5.41) is 0. The second-order valence-corrected chi connectivity index (χ2v) is 2.30. The van der Waals surface area contributed by atoms with Crippen LogP contribution < -0.4 is 5.73 Å². The largest absolute Gasteiger partial charge is 0.324 e. The number of hydrogen-bond donors (Lipinski definition) is 1. The van der Waals surface area contributed by atoms with Crippen LogP contribution in [0.1, 0.15) is 20.8 Å². The number of nitrogens with zero attached hydrogens (tertiary/aromatic N) is 1. The minimum absolute atomic E-state index is 0.0864. The molecule has 0 aliphatic heterocycles. The molecule has 0 fully saturated rings. The van der Waals surface area contributed by atoms with Crippen molar-refractivity contribution in [1.82, 2.24) is 0 Å². The van der Waals surface area contributed by atoms with Crippen molar-refractivity contribution < 1.29 is 0 Å². The van der Waals surface area contributed by atoms with Crippen LogP contribution in [0.3, 0.4) is 0 Å². The first-order chi connectivity index (χ1) is 5.22. The highest BCUT2D eigenvalue weighted by Gasteiger charge is 1.95. The summed E-state index contributed by atoms with van der Waals surface area (Å²) in [5.74, 6) is 0. The van der Waals surface area contributed by atoms with Crippen molar-refractivity contribution in [3.63, 3.8) is 0 Å². The van der Waals surface area contributed by atoms with Gasteiger partial charge in [0.25, 0.3) is 0 Å². The van der Waals surface area contributed by atoms with E-state index < -0.39 is 0 Å². The highest BCUT2D eigenvalue weighted by Crippen LogP contribution is 2.00. The summed E-state index contributed by atoms with van der Waals surface area (Å²) in [6.07, 6.45) is 7.40. The van der Waals surface area contributed by atoms with Crippen molar-refractivity contribution in [1.29, 1.82) is 0 Å². The van der Waals surface area contributed by atoms with E-state index in [1.807, 2.05) is 32.9 Å². The zero-order valence-electron chi connectivity index (χ0n) is 7.41. The monoisotopic (exact) mass is 152 g/mol. The molecule has 0 bridgehead atoms. The van der Waals surface area contributed by atoms with Crippen molar-refractivity contribution in [2.24, 2.45) is 10.7 Å². The highest BCUT2D eigenvalue weighted by atomic mass is 14.7. The Hall–Kier alpha value is -0.890. The molecule has 0 saturated heterocycles. The van der Waals surface area contributed by atoms with Crippen LogP contribution in [0.25, 0.3) is 0 Å². The Balaban J connectivity index is 4.10. The van der Waals surface area contributed by atoms with E-state index in [1.165, 1.54) is 0 Å². The molecule has 0 aromatic heterocycles. The third kappa shape index (κ3) is 4.51. The molecule has 1 atom stereocenters. The number of rotatable bonds is 3. The van der Waals surface area contributed by atoms with E-state index in [2.05, 4.69) is 4.99 Å². The molecule has 0 radical (unpaired) electrons. The molecule has 2 N–H and O–H groups in total. The summed E-state index contributed by atoms with van der Waals surface area (Å²) in [5.41, 5.74) is 6.77. The second-order valence-electron chi connectivity index (χ2n) is 2.30. The van der Waals surface area contributed by atoms with Gasteiger partial charge in [-0.1, -0.05) is 6.08 Å². The van der Waals surface area contributed by atoms with Gasteiger partial charge in [-0.25, -0.2) is 0 Å². The molecule has 0 aromatic rings. The molecule has 0 aliphatic carbocycles. The van der Waals surface area contributed by atoms with Gasteiger partial charge in [0.15, 0.2) is 0 Å². The Kier molecular flexibility index (Phi) is 5.39. The van der Waals surface area contributed by atoms with E-state index in [1.54, 1.807) is 12.4 Å². The van der Waals surface area contributed by atoms with Crippen molar-refractivity contribution in [2.45, 2.75) is 26.8 Å². The number of aliphatic imine (C=N–C) groups is 1. The number of nitrogens with two attached hydrogens (primary N) is 1. The fourth-order valence-corrected chi connectivity index (χ4v) is 0.726. The fourth-order valence-electron chi connectivity index (χ4n) is 0.726. The highest BCUT2D eigenvalue weighted by molar-refractivity contribution is 5.54. The molecule has 0 aromatic carbocycles. The molecular formula is C9H16N2. The maximum Gasteiger partial charge on any atom is 0.0266 e. The topological polar surface area (TPSA) is 38.4 Å². The van der Waals surface area contributed by atoms with Crippen LogP contribution in [0.4, 0.5) is 0 Å². The van der Waals surface area contributed by atoms with E-state index in [0.717, 1.165) is 5.57 Å². The van der Waals surface area contributed by atoms with Crippen LogP contribution in [-0.2, 0) is 0 Å². The van der Waals surface area contributed by atoms with Gasteiger partial charge in [0, 0.05) is 18.5 Å². The first-order valence-electron chi connectivity index (χ1n) is 3.78. The second kappa shape index (κ2) is 5.86. The lowest BCUT2D eigenvalue weighted by molar-refractivity contribution is 0.882. The lowest BCUT2D eigenvalue weighted by Gasteiger charge is -2.03. The van der Waals surface area contributed by atoms with Crippen LogP contribution in [0, 0.1) is 0 Å². The summed E-state index contributed by atoms with van der Waals surface area (Å²) in [6, 6.07) is 0.0864. The average Bonchev–Trinajstić information content (AvgIpc) is 1.97. The quantitative estimate of drug-likeness (QED) is 0.486. The Morgan fingerprint density at radius 2 is 2.09 bits per heavy atom. The van der Waals surface area contributed by atoms with Crippen LogP contribution in [-0.4, -0.2) is 12.3 Å². The third-order valence-electron chi connectivity index (χ3n) is 1.36. The minimum Gasteiger partial charge on any atom is -0.324 e. The molecule has 62 valence electrons. The van der Waals surface area contributed by atoms with Crippen LogP contribution in [0.5, 0.6) is 0 Å². The van der Waals surface area contributed by atoms with Gasteiger partial charge >= 0.3 is 0 Å². The lowest BCUT2D eigenvalue weighted by atomic mass is 10.1. The fraction of sp³-hybridized carbons (Fsp3) is 0.444. The van der Waals surface area contributed by atoms with E-state index in [4.69, 9.17) is 5.73 Å². The lowest BCUT2D eigenvalue weighted by Crippen LogP contribution is -2.16. The maximum atomic E-state index is 5.66. The van der Waals surface area contributed by atoms with Gasteiger partial charge in [-0.3, -0.25) is 4.99 Å². The van der Waals surface area contributed by atoms with Crippen LogP contribution in [0.2, 0.25) is 0 Å². The number of allylic oxidation sites excluding steroid dienone is 1. The first kappa shape index (κ1) is 10.1. The van der Waals surface area contributed by atoms with Gasteiger partial charge in [-0.15, -0.1) is 0 Å². The zero-order valence-corrected chi connectivity index (χ0v) is 7.41. The van der Waals surface area contributed by atoms with Crippen molar-refractivity contribution in [2.75, 3.05) is 0 Å². The summed E-state index contributed by atoms with van der Waals surface area (Å²) >= 11 is 0. The van der Waals surface area contributed by atoms with Gasteiger partial charge in [0.1, 0.15) is 0 Å². The van der Waals surface area contributed by atoms with Crippen molar-refractivity contribution >= 4 is 6.21 Å². The molecule has 1 unspecified atom stereocenters. The van der Waals surface area contributed by atoms with E-state index in [0.29, 0.717) is 0 Å². The Morgan fingerprint density at radius 1 is 1.45 bits per heavy atom. The Morgan fingerprint density at radius 3 is 2.45 bits per heavy atom. The van der Waals surface area contributed by atoms with E-state index in [9.17, 15) is 0 Å². The van der Waals surface area contributed by atoms with Crippen LogP contribution in [0.15, 0.2) is 28.9 Å². The third-order valence-corrected chi connectivity index (χ3v) is 1.36. The maximum absolute atomic E-state index is 5.66. The summed E-state index contributed by atoms with van der Waals surface area (Å²) in [6.45, 7) is 5.81. The molecule has 2 heteroatoms. The van der Waals surface area contributed by atoms with Gasteiger partial charge in [0.2, 0.25) is 0 Å². The molecule has 0 spiro atoms. The predicted octanol–water partition coefficient (Wildman–Crippen LogP) is 1.88. The van der Waals surface area contributed by atoms with Crippen LogP contribution >= 0.6 is 0 Å². The zero-order chi connectivity index (χ0) is 8.69. The normalized spacial score (nSPS) is 16.5. The Labute approximate surface area is 68.5 Å². The molecule has 0 heterocycles. The standard InChI is InChI=1S/C9H16N2/c1-4-9(8(3)10)6-7-11-5-2/h4-8H,10H2,1-3H3/b7-6-,9-4+,11-5-. The van der Waals surface area contributed by atoms with Gasteiger partial charge in [-0.05, 0) is 32.4 Å². The molecule has 0 rings (SSSR count). The van der Waals surface area contributed by atoms with Gasteiger partial charge in [0.05, 0.1) is 0 Å². The molecule has 2 nitrogen and oxygen atoms in total. The summed E-state index contributed by atoms with van der Waals surface area (Å²) < 4.78 is 0. The number of hydrogen-bond acceptors (Lipinski definition) is 2. The smallest absolute Gasteiger partial charge is 0.0266 e. The van der Waals surface area contributed by atoms with E-state index in [-0.39, 0.29) is 6.04 Å².